The zero-order valence-corrected chi connectivity index (χ0v) is 13.2. The molecule has 0 saturated carbocycles. The van der Waals surface area contributed by atoms with Crippen LogP contribution in [0.2, 0.25) is 0 Å². The van der Waals surface area contributed by atoms with Crippen LogP contribution in [0, 0.1) is 13.8 Å². The third-order valence-corrected chi connectivity index (χ3v) is 4.79. The van der Waals surface area contributed by atoms with E-state index < -0.39 is 0 Å². The first-order valence-corrected chi connectivity index (χ1v) is 8.05. The van der Waals surface area contributed by atoms with E-state index in [0.717, 1.165) is 6.42 Å². The van der Waals surface area contributed by atoms with E-state index in [9.17, 15) is 0 Å². The van der Waals surface area contributed by atoms with Crippen molar-refractivity contribution in [3.63, 3.8) is 0 Å². The topological polar surface area (TPSA) is 38.0 Å². The predicted octanol–water partition coefficient (Wildman–Crippen LogP) is 4.27. The van der Waals surface area contributed by atoms with Gasteiger partial charge in [0.1, 0.15) is 0 Å². The van der Waals surface area contributed by atoms with Gasteiger partial charge in [-0.3, -0.25) is 11.3 Å². The van der Waals surface area contributed by atoms with E-state index in [1.165, 1.54) is 32.3 Å². The molecule has 3 heteroatoms. The fourth-order valence-electron chi connectivity index (χ4n) is 2.95. The summed E-state index contributed by atoms with van der Waals surface area (Å²) in [7, 11) is 0. The summed E-state index contributed by atoms with van der Waals surface area (Å²) in [5.74, 6) is 5.83. The number of rotatable bonds is 4. The molecule has 1 aromatic heterocycles. The maximum absolute atomic E-state index is 5.83. The number of thiophene rings is 1. The molecule has 0 spiro atoms. The first-order chi connectivity index (χ1) is 10.2. The summed E-state index contributed by atoms with van der Waals surface area (Å²) >= 11 is 1.78. The normalized spacial score (nSPS) is 12.7. The largest absolute Gasteiger partial charge is 0.271 e. The van der Waals surface area contributed by atoms with E-state index in [1.54, 1.807) is 11.3 Å². The second-order valence-corrected chi connectivity index (χ2v) is 6.52. The summed E-state index contributed by atoms with van der Waals surface area (Å²) in [4.78, 5) is 0. The highest BCUT2D eigenvalue weighted by Crippen LogP contribution is 2.31. The molecule has 0 amide bonds. The zero-order chi connectivity index (χ0) is 14.8. The van der Waals surface area contributed by atoms with Crippen molar-refractivity contribution in [3.8, 4) is 0 Å². The van der Waals surface area contributed by atoms with Crippen molar-refractivity contribution in [3.05, 3.63) is 70.1 Å². The number of fused-ring (bicyclic) bond motifs is 1. The lowest BCUT2D eigenvalue weighted by molar-refractivity contribution is 0.556. The fourth-order valence-corrected chi connectivity index (χ4v) is 3.96. The highest BCUT2D eigenvalue weighted by atomic mass is 32.1. The van der Waals surface area contributed by atoms with Crippen LogP contribution in [0.25, 0.3) is 10.1 Å². The van der Waals surface area contributed by atoms with Crippen molar-refractivity contribution < 1.29 is 0 Å². The number of nitrogens with one attached hydrogen (secondary N) is 1. The monoisotopic (exact) mass is 296 g/mol. The van der Waals surface area contributed by atoms with Crippen molar-refractivity contribution in [2.24, 2.45) is 5.84 Å². The molecule has 0 bridgehead atoms. The van der Waals surface area contributed by atoms with Gasteiger partial charge in [-0.15, -0.1) is 11.3 Å². The van der Waals surface area contributed by atoms with Crippen LogP contribution < -0.4 is 11.3 Å². The maximum Gasteiger partial charge on any atom is 0.0514 e. The molecule has 1 heterocycles. The Labute approximate surface area is 129 Å². The fraction of sp³-hybridized carbons (Fsp3) is 0.222. The highest BCUT2D eigenvalue weighted by Gasteiger charge is 2.15. The average molecular weight is 296 g/mol. The van der Waals surface area contributed by atoms with Gasteiger partial charge < -0.3 is 0 Å². The number of aryl methyl sites for hydroxylation is 2. The van der Waals surface area contributed by atoms with Crippen LogP contribution in [0.1, 0.15) is 28.3 Å². The van der Waals surface area contributed by atoms with E-state index in [0.29, 0.717) is 0 Å². The van der Waals surface area contributed by atoms with Gasteiger partial charge in [-0.05, 0) is 48.2 Å². The molecule has 3 rings (SSSR count). The van der Waals surface area contributed by atoms with Gasteiger partial charge in [-0.25, -0.2) is 0 Å². The minimum absolute atomic E-state index is 0.141. The minimum Gasteiger partial charge on any atom is -0.271 e. The Bertz CT molecular complexity index is 741. The predicted molar refractivity (Wildman–Crippen MR) is 91.5 cm³/mol. The first-order valence-electron chi connectivity index (χ1n) is 7.17. The van der Waals surface area contributed by atoms with Crippen LogP contribution in [-0.2, 0) is 6.42 Å². The van der Waals surface area contributed by atoms with Crippen molar-refractivity contribution in [2.75, 3.05) is 0 Å². The van der Waals surface area contributed by atoms with Gasteiger partial charge in [-0.1, -0.05) is 47.5 Å². The molecule has 0 saturated heterocycles. The molecule has 0 aliphatic carbocycles. The average Bonchev–Trinajstić information content (AvgIpc) is 2.87. The van der Waals surface area contributed by atoms with E-state index >= 15 is 0 Å². The van der Waals surface area contributed by atoms with E-state index in [1.807, 2.05) is 0 Å². The highest BCUT2D eigenvalue weighted by molar-refractivity contribution is 7.17. The summed E-state index contributed by atoms with van der Waals surface area (Å²) in [6, 6.07) is 15.3. The molecule has 3 N–H and O–H groups in total. The molecule has 0 radical (unpaired) electrons. The number of benzene rings is 2. The van der Waals surface area contributed by atoms with Crippen molar-refractivity contribution in [2.45, 2.75) is 26.3 Å². The van der Waals surface area contributed by atoms with Gasteiger partial charge >= 0.3 is 0 Å². The van der Waals surface area contributed by atoms with Crippen molar-refractivity contribution in [1.29, 1.82) is 0 Å². The van der Waals surface area contributed by atoms with Crippen LogP contribution >= 0.6 is 11.3 Å². The van der Waals surface area contributed by atoms with E-state index in [2.05, 4.69) is 67.1 Å². The molecular formula is C18H20N2S. The first kappa shape index (κ1) is 14.3. The Balaban J connectivity index is 1.95. The number of hydrogen-bond acceptors (Lipinski definition) is 3. The molecule has 0 aliphatic rings. The van der Waals surface area contributed by atoms with Crippen LogP contribution in [-0.4, -0.2) is 0 Å². The van der Waals surface area contributed by atoms with Crippen LogP contribution in [0.15, 0.2) is 47.8 Å². The van der Waals surface area contributed by atoms with Gasteiger partial charge in [0, 0.05) is 4.70 Å². The lowest BCUT2D eigenvalue weighted by Gasteiger charge is -2.16. The Morgan fingerprint density at radius 3 is 2.52 bits per heavy atom. The SMILES string of the molecule is Cc1cc(C)cc(CC(NN)c2csc3ccccc23)c1. The third kappa shape index (κ3) is 3.00. The Morgan fingerprint density at radius 2 is 1.81 bits per heavy atom. The molecule has 0 aliphatic heterocycles. The molecule has 108 valence electrons. The zero-order valence-electron chi connectivity index (χ0n) is 12.4. The second-order valence-electron chi connectivity index (χ2n) is 5.61. The molecule has 1 unspecified atom stereocenters. The third-order valence-electron chi connectivity index (χ3n) is 3.81. The van der Waals surface area contributed by atoms with Crippen molar-refractivity contribution in [1.82, 2.24) is 5.43 Å². The van der Waals surface area contributed by atoms with Crippen LogP contribution in [0.4, 0.5) is 0 Å². The molecule has 2 nitrogen and oxygen atoms in total. The Morgan fingerprint density at radius 1 is 1.10 bits per heavy atom. The number of hydrazine groups is 1. The number of nitrogens with two attached hydrogens (primary N) is 1. The lowest BCUT2D eigenvalue weighted by atomic mass is 9.96. The van der Waals surface area contributed by atoms with Crippen LogP contribution in [0.3, 0.4) is 0 Å². The van der Waals surface area contributed by atoms with Crippen LogP contribution in [0.5, 0.6) is 0 Å². The van der Waals surface area contributed by atoms with Gasteiger partial charge in [0.25, 0.3) is 0 Å². The molecule has 21 heavy (non-hydrogen) atoms. The Hall–Kier alpha value is -1.68. The molecule has 2 aromatic carbocycles. The summed E-state index contributed by atoms with van der Waals surface area (Å²) in [6.45, 7) is 4.28. The smallest absolute Gasteiger partial charge is 0.0514 e. The maximum atomic E-state index is 5.83. The van der Waals surface area contributed by atoms with Gasteiger partial charge in [-0.2, -0.15) is 0 Å². The van der Waals surface area contributed by atoms with E-state index in [4.69, 9.17) is 5.84 Å². The molecular weight excluding hydrogens is 276 g/mol. The quantitative estimate of drug-likeness (QED) is 0.557. The van der Waals surface area contributed by atoms with Crippen molar-refractivity contribution >= 4 is 21.4 Å². The lowest BCUT2D eigenvalue weighted by Crippen LogP contribution is -2.29. The Kier molecular flexibility index (Phi) is 4.06. The summed E-state index contributed by atoms with van der Waals surface area (Å²) in [6.07, 6.45) is 0.903. The van der Waals surface area contributed by atoms with Gasteiger partial charge in [0.05, 0.1) is 6.04 Å². The molecule has 3 aromatic rings. The summed E-state index contributed by atoms with van der Waals surface area (Å²) in [5.41, 5.74) is 8.21. The molecule has 0 fully saturated rings. The standard InChI is InChI=1S/C18H20N2S/c1-12-7-13(2)9-14(8-12)10-17(20-19)16-11-21-18-6-4-3-5-15(16)18/h3-9,11,17,20H,10,19H2,1-2H3. The summed E-state index contributed by atoms with van der Waals surface area (Å²) in [5, 5.41) is 3.52. The van der Waals surface area contributed by atoms with E-state index in [-0.39, 0.29) is 6.04 Å². The van der Waals surface area contributed by atoms with Gasteiger partial charge in [0.15, 0.2) is 0 Å². The molecule has 1 atom stereocenters. The minimum atomic E-state index is 0.141. The second kappa shape index (κ2) is 5.98. The number of hydrogen-bond donors (Lipinski definition) is 2. The summed E-state index contributed by atoms with van der Waals surface area (Å²) < 4.78 is 1.31. The van der Waals surface area contributed by atoms with Gasteiger partial charge in [0.2, 0.25) is 0 Å².